The van der Waals surface area contributed by atoms with Crippen LogP contribution >= 0.6 is 11.8 Å². The van der Waals surface area contributed by atoms with Crippen molar-refractivity contribution in [3.8, 4) is 0 Å². The Bertz CT molecular complexity index is 911. The Morgan fingerprint density at radius 3 is 2.65 bits per heavy atom. The predicted molar refractivity (Wildman–Crippen MR) is 95.9 cm³/mol. The Hall–Kier alpha value is -2.88. The zero-order valence-electron chi connectivity index (χ0n) is 14.4. The molecule has 0 aliphatic heterocycles. The largest absolute Gasteiger partial charge is 0.468 e. The first kappa shape index (κ1) is 19.4. The second-order valence-corrected chi connectivity index (χ2v) is 6.52. The summed E-state index contributed by atoms with van der Waals surface area (Å²) in [6, 6.07) is 6.06. The van der Waals surface area contributed by atoms with E-state index in [1.54, 1.807) is 31.2 Å². The third-order valence-corrected chi connectivity index (χ3v) is 4.55. The zero-order chi connectivity index (χ0) is 19.3. The van der Waals surface area contributed by atoms with Crippen LogP contribution in [0.3, 0.4) is 0 Å². The van der Waals surface area contributed by atoms with E-state index in [9.17, 15) is 19.2 Å². The molecule has 0 unspecified atom stereocenters. The van der Waals surface area contributed by atoms with Crippen molar-refractivity contribution in [1.82, 2.24) is 20.2 Å². The molecule has 2 N–H and O–H groups in total. The molecular formula is C16H18N4O5S. The number of benzene rings is 1. The number of nitrogens with one attached hydrogen (secondary N) is 2. The molecule has 26 heavy (non-hydrogen) atoms. The summed E-state index contributed by atoms with van der Waals surface area (Å²) in [7, 11) is 2.60. The van der Waals surface area contributed by atoms with Gasteiger partial charge in [-0.1, -0.05) is 23.9 Å². The van der Waals surface area contributed by atoms with Gasteiger partial charge in [0.1, 0.15) is 6.54 Å². The molecule has 0 aliphatic carbocycles. The van der Waals surface area contributed by atoms with Gasteiger partial charge in [0.05, 0.1) is 23.3 Å². The van der Waals surface area contributed by atoms with Crippen molar-refractivity contribution in [2.45, 2.75) is 23.9 Å². The van der Waals surface area contributed by atoms with Crippen LogP contribution in [-0.2, 0) is 20.9 Å². The van der Waals surface area contributed by atoms with E-state index >= 15 is 0 Å². The average Bonchev–Trinajstić information content (AvgIpc) is 2.64. The Balaban J connectivity index is 2.42. The summed E-state index contributed by atoms with van der Waals surface area (Å²) in [4.78, 5) is 52.1. The van der Waals surface area contributed by atoms with E-state index in [1.807, 2.05) is 0 Å². The minimum Gasteiger partial charge on any atom is -0.468 e. The maximum atomic E-state index is 12.7. The highest BCUT2D eigenvalue weighted by molar-refractivity contribution is 8.00. The van der Waals surface area contributed by atoms with Crippen LogP contribution in [0, 0.1) is 0 Å². The van der Waals surface area contributed by atoms with E-state index in [0.717, 1.165) is 16.3 Å². The van der Waals surface area contributed by atoms with Gasteiger partial charge in [-0.05, 0) is 19.1 Å². The number of urea groups is 1. The smallest absolute Gasteiger partial charge is 0.325 e. The number of fused-ring (bicyclic) bond motifs is 1. The van der Waals surface area contributed by atoms with Gasteiger partial charge in [-0.15, -0.1) is 0 Å². The summed E-state index contributed by atoms with van der Waals surface area (Å²) in [6.07, 6.45) is 0. The van der Waals surface area contributed by atoms with Crippen LogP contribution in [0.25, 0.3) is 10.9 Å². The second kappa shape index (κ2) is 8.48. The topological polar surface area (TPSA) is 119 Å². The van der Waals surface area contributed by atoms with Gasteiger partial charge in [-0.25, -0.2) is 9.78 Å². The number of ether oxygens (including phenoxy) is 1. The van der Waals surface area contributed by atoms with Crippen molar-refractivity contribution in [3.63, 3.8) is 0 Å². The van der Waals surface area contributed by atoms with Gasteiger partial charge < -0.3 is 10.1 Å². The van der Waals surface area contributed by atoms with Gasteiger partial charge >= 0.3 is 12.0 Å². The van der Waals surface area contributed by atoms with Crippen LogP contribution in [0.15, 0.2) is 34.2 Å². The lowest BCUT2D eigenvalue weighted by Gasteiger charge is -2.15. The molecule has 3 amide bonds. The van der Waals surface area contributed by atoms with Crippen molar-refractivity contribution < 1.29 is 19.1 Å². The quantitative estimate of drug-likeness (QED) is 0.442. The van der Waals surface area contributed by atoms with Gasteiger partial charge in [0.2, 0.25) is 5.91 Å². The number of hydrogen-bond acceptors (Lipinski definition) is 7. The number of methoxy groups -OCH3 is 1. The Morgan fingerprint density at radius 2 is 2.00 bits per heavy atom. The highest BCUT2D eigenvalue weighted by atomic mass is 32.2. The number of para-hydroxylation sites is 1. The molecule has 0 fully saturated rings. The molecule has 0 aliphatic rings. The number of thioether (sulfide) groups is 1. The third kappa shape index (κ3) is 4.39. The lowest BCUT2D eigenvalue weighted by atomic mass is 10.2. The predicted octanol–water partition coefficient (Wildman–Crippen LogP) is 0.506. The number of aromatic nitrogens is 2. The SMILES string of the molecule is CNC(=O)NC(=O)[C@@H](C)Sc1nc2ccccc2c(=O)n1CC(=O)OC. The van der Waals surface area contributed by atoms with Gasteiger partial charge in [-0.2, -0.15) is 0 Å². The summed E-state index contributed by atoms with van der Waals surface area (Å²) in [6.45, 7) is 1.23. The van der Waals surface area contributed by atoms with E-state index < -0.39 is 28.7 Å². The third-order valence-electron chi connectivity index (χ3n) is 3.46. The molecule has 0 radical (unpaired) electrons. The number of amides is 3. The highest BCUT2D eigenvalue weighted by Crippen LogP contribution is 2.22. The van der Waals surface area contributed by atoms with Gasteiger partial charge in [0.25, 0.3) is 5.56 Å². The summed E-state index contributed by atoms with van der Waals surface area (Å²) in [5.41, 5.74) is 0.0300. The molecule has 1 atom stereocenters. The maximum Gasteiger partial charge on any atom is 0.325 e. The molecule has 1 heterocycles. The fourth-order valence-corrected chi connectivity index (χ4v) is 2.97. The van der Waals surface area contributed by atoms with Crippen LogP contribution < -0.4 is 16.2 Å². The highest BCUT2D eigenvalue weighted by Gasteiger charge is 2.21. The first-order chi connectivity index (χ1) is 12.4. The Kier molecular flexibility index (Phi) is 6.34. The Labute approximate surface area is 153 Å². The number of carbonyl (C=O) groups is 3. The van der Waals surface area contributed by atoms with Crippen LogP contribution in [0.2, 0.25) is 0 Å². The second-order valence-electron chi connectivity index (χ2n) is 5.21. The van der Waals surface area contributed by atoms with Crippen LogP contribution in [0.4, 0.5) is 4.79 Å². The summed E-state index contributed by atoms with van der Waals surface area (Å²) >= 11 is 0.964. The first-order valence-electron chi connectivity index (χ1n) is 7.63. The lowest BCUT2D eigenvalue weighted by Crippen LogP contribution is -2.41. The number of imide groups is 1. The van der Waals surface area contributed by atoms with Gasteiger partial charge in [-0.3, -0.25) is 24.3 Å². The minimum absolute atomic E-state index is 0.179. The molecule has 0 spiro atoms. The van der Waals surface area contributed by atoms with Gasteiger partial charge in [0, 0.05) is 7.05 Å². The molecule has 138 valence electrons. The molecule has 0 saturated carbocycles. The van der Waals surface area contributed by atoms with Crippen LogP contribution in [-0.4, -0.2) is 46.9 Å². The maximum absolute atomic E-state index is 12.7. The fraction of sp³-hybridized carbons (Fsp3) is 0.312. The average molecular weight is 378 g/mol. The number of esters is 1. The van der Waals surface area contributed by atoms with E-state index in [-0.39, 0.29) is 11.7 Å². The van der Waals surface area contributed by atoms with Crippen LogP contribution in [0.5, 0.6) is 0 Å². The molecule has 10 heteroatoms. The molecule has 0 saturated heterocycles. The molecule has 0 bridgehead atoms. The Morgan fingerprint density at radius 1 is 1.31 bits per heavy atom. The lowest BCUT2D eigenvalue weighted by molar-refractivity contribution is -0.141. The van der Waals surface area contributed by atoms with E-state index in [0.29, 0.717) is 10.9 Å². The molecule has 9 nitrogen and oxygen atoms in total. The molecule has 1 aromatic heterocycles. The first-order valence-corrected chi connectivity index (χ1v) is 8.51. The van der Waals surface area contributed by atoms with Crippen molar-refractivity contribution in [3.05, 3.63) is 34.6 Å². The molecule has 2 aromatic rings. The summed E-state index contributed by atoms with van der Waals surface area (Å²) in [5.74, 6) is -1.17. The van der Waals surface area contributed by atoms with Crippen LogP contribution in [0.1, 0.15) is 6.92 Å². The molecule has 2 rings (SSSR count). The number of hydrogen-bond donors (Lipinski definition) is 2. The minimum atomic E-state index is -0.732. The monoisotopic (exact) mass is 378 g/mol. The zero-order valence-corrected chi connectivity index (χ0v) is 15.3. The normalized spacial score (nSPS) is 11.7. The molecular weight excluding hydrogens is 360 g/mol. The van der Waals surface area contributed by atoms with Crippen molar-refractivity contribution >= 4 is 40.6 Å². The van der Waals surface area contributed by atoms with E-state index in [4.69, 9.17) is 0 Å². The van der Waals surface area contributed by atoms with E-state index in [2.05, 4.69) is 20.4 Å². The fourth-order valence-electron chi connectivity index (χ4n) is 2.06. The number of carbonyl (C=O) groups excluding carboxylic acids is 3. The van der Waals surface area contributed by atoms with Crippen molar-refractivity contribution in [1.29, 1.82) is 0 Å². The number of nitrogens with zero attached hydrogens (tertiary/aromatic N) is 2. The standard InChI is InChI=1S/C16H18N4O5S/c1-9(13(22)19-15(24)17-2)26-16-18-11-7-5-4-6-10(11)14(23)20(16)8-12(21)25-3/h4-7,9H,8H2,1-3H3,(H2,17,19,22,24)/t9-/m1/s1. The van der Waals surface area contributed by atoms with Crippen molar-refractivity contribution in [2.75, 3.05) is 14.2 Å². The molecule has 1 aromatic carbocycles. The van der Waals surface area contributed by atoms with Crippen molar-refractivity contribution in [2.24, 2.45) is 0 Å². The van der Waals surface area contributed by atoms with Gasteiger partial charge in [0.15, 0.2) is 5.16 Å². The van der Waals surface area contributed by atoms with E-state index in [1.165, 1.54) is 14.2 Å². The summed E-state index contributed by atoms with van der Waals surface area (Å²) < 4.78 is 5.78. The summed E-state index contributed by atoms with van der Waals surface area (Å²) in [5, 5.41) is 4.23. The number of rotatable bonds is 5.